The van der Waals surface area contributed by atoms with Gasteiger partial charge in [-0.15, -0.1) is 0 Å². The fraction of sp³-hybridized carbons (Fsp3) is 0.111. The summed E-state index contributed by atoms with van der Waals surface area (Å²) in [7, 11) is 0. The zero-order valence-electron chi connectivity index (χ0n) is 8.15. The van der Waals surface area contributed by atoms with Crippen LogP contribution in [0, 0.1) is 10.1 Å². The van der Waals surface area contributed by atoms with Crippen LogP contribution in [-0.2, 0) is 6.61 Å². The van der Waals surface area contributed by atoms with Crippen LogP contribution in [0.3, 0.4) is 0 Å². The largest absolute Gasteiger partial charge is 0.392 e. The van der Waals surface area contributed by atoms with Crippen molar-refractivity contribution in [3.05, 3.63) is 46.5 Å². The Hall–Kier alpha value is -2.28. The highest BCUT2D eigenvalue weighted by Crippen LogP contribution is 2.20. The standard InChI is InChI=1S/C9H8N4O3/c14-4-7-3-8(13(15)16)1-2-9(7)12-6-10-5-11-12/h1-3,5-6,14H,4H2. The zero-order valence-corrected chi connectivity index (χ0v) is 8.15. The summed E-state index contributed by atoms with van der Waals surface area (Å²) in [5, 5.41) is 23.6. The second-order valence-electron chi connectivity index (χ2n) is 3.07. The highest BCUT2D eigenvalue weighted by molar-refractivity contribution is 5.47. The number of aromatic nitrogens is 3. The maximum atomic E-state index is 10.6. The number of benzene rings is 1. The first-order valence-electron chi connectivity index (χ1n) is 4.45. The van der Waals surface area contributed by atoms with Crippen LogP contribution in [-0.4, -0.2) is 24.8 Å². The van der Waals surface area contributed by atoms with Crippen LogP contribution in [0.4, 0.5) is 5.69 Å². The number of aliphatic hydroxyl groups is 1. The molecule has 7 heteroatoms. The maximum Gasteiger partial charge on any atom is 0.269 e. The first-order chi connectivity index (χ1) is 7.72. The molecule has 0 aliphatic heterocycles. The summed E-state index contributed by atoms with van der Waals surface area (Å²) in [6.45, 7) is -0.295. The summed E-state index contributed by atoms with van der Waals surface area (Å²) < 4.78 is 1.44. The van der Waals surface area contributed by atoms with Crippen molar-refractivity contribution in [3.63, 3.8) is 0 Å². The second-order valence-corrected chi connectivity index (χ2v) is 3.07. The molecule has 1 N–H and O–H groups in total. The van der Waals surface area contributed by atoms with Crippen molar-refractivity contribution in [2.24, 2.45) is 0 Å². The van der Waals surface area contributed by atoms with Gasteiger partial charge in [0.05, 0.1) is 17.2 Å². The predicted octanol–water partition coefficient (Wildman–Crippen LogP) is 0.668. The van der Waals surface area contributed by atoms with Crippen molar-refractivity contribution in [2.75, 3.05) is 0 Å². The minimum Gasteiger partial charge on any atom is -0.392 e. The van der Waals surface area contributed by atoms with Gasteiger partial charge in [-0.25, -0.2) is 9.67 Å². The van der Waals surface area contributed by atoms with Crippen LogP contribution < -0.4 is 0 Å². The number of hydrogen-bond donors (Lipinski definition) is 1. The molecule has 0 spiro atoms. The smallest absolute Gasteiger partial charge is 0.269 e. The highest BCUT2D eigenvalue weighted by atomic mass is 16.6. The van der Waals surface area contributed by atoms with E-state index in [4.69, 9.17) is 5.11 Å². The Morgan fingerprint density at radius 2 is 2.31 bits per heavy atom. The summed E-state index contributed by atoms with van der Waals surface area (Å²) in [6.07, 6.45) is 2.81. The second kappa shape index (κ2) is 4.07. The molecular formula is C9H8N4O3. The molecule has 1 aromatic carbocycles. The lowest BCUT2D eigenvalue weighted by Gasteiger charge is -2.05. The molecule has 0 saturated carbocycles. The van der Waals surface area contributed by atoms with Crippen LogP contribution in [0.25, 0.3) is 5.69 Å². The van der Waals surface area contributed by atoms with Crippen molar-refractivity contribution in [1.29, 1.82) is 0 Å². The van der Waals surface area contributed by atoms with E-state index in [-0.39, 0.29) is 12.3 Å². The molecule has 2 rings (SSSR count). The molecule has 0 aliphatic carbocycles. The van der Waals surface area contributed by atoms with Crippen LogP contribution in [0.5, 0.6) is 0 Å². The molecule has 7 nitrogen and oxygen atoms in total. The van der Waals surface area contributed by atoms with E-state index >= 15 is 0 Å². The molecule has 16 heavy (non-hydrogen) atoms. The number of hydrogen-bond acceptors (Lipinski definition) is 5. The van der Waals surface area contributed by atoms with Crippen molar-refractivity contribution >= 4 is 5.69 Å². The van der Waals surface area contributed by atoms with Crippen LogP contribution >= 0.6 is 0 Å². The van der Waals surface area contributed by atoms with Gasteiger partial charge in [0.2, 0.25) is 0 Å². The Morgan fingerprint density at radius 3 is 2.88 bits per heavy atom. The SMILES string of the molecule is O=[N+]([O-])c1ccc(-n2cncn2)c(CO)c1. The molecule has 0 saturated heterocycles. The average Bonchev–Trinajstić information content (AvgIpc) is 2.81. The molecule has 0 atom stereocenters. The van der Waals surface area contributed by atoms with E-state index in [2.05, 4.69) is 10.1 Å². The van der Waals surface area contributed by atoms with Gasteiger partial charge in [0.15, 0.2) is 0 Å². The molecule has 0 aliphatic rings. The normalized spacial score (nSPS) is 10.3. The van der Waals surface area contributed by atoms with Crippen molar-refractivity contribution < 1.29 is 10.0 Å². The molecule has 0 radical (unpaired) electrons. The summed E-state index contributed by atoms with van der Waals surface area (Å²) in [5.74, 6) is 0. The topological polar surface area (TPSA) is 94.1 Å². The van der Waals surface area contributed by atoms with Crippen LogP contribution in [0.2, 0.25) is 0 Å². The molecule has 82 valence electrons. The highest BCUT2D eigenvalue weighted by Gasteiger charge is 2.11. The molecule has 0 amide bonds. The van der Waals surface area contributed by atoms with Crippen molar-refractivity contribution in [3.8, 4) is 5.69 Å². The van der Waals surface area contributed by atoms with Crippen LogP contribution in [0.1, 0.15) is 5.56 Å². The molecule has 0 unspecified atom stereocenters. The number of rotatable bonds is 3. The van der Waals surface area contributed by atoms with Gasteiger partial charge in [0.25, 0.3) is 5.69 Å². The predicted molar refractivity (Wildman–Crippen MR) is 53.9 cm³/mol. The van der Waals surface area contributed by atoms with E-state index in [9.17, 15) is 10.1 Å². The quantitative estimate of drug-likeness (QED) is 0.605. The van der Waals surface area contributed by atoms with E-state index in [1.807, 2.05) is 0 Å². The monoisotopic (exact) mass is 220 g/mol. The summed E-state index contributed by atoms with van der Waals surface area (Å²) >= 11 is 0. The molecule has 2 aromatic rings. The third-order valence-corrected chi connectivity index (χ3v) is 2.11. The molecule has 1 aromatic heterocycles. The Labute approximate surface area is 90.1 Å². The first kappa shape index (κ1) is 10.2. The zero-order chi connectivity index (χ0) is 11.5. The first-order valence-corrected chi connectivity index (χ1v) is 4.45. The Morgan fingerprint density at radius 1 is 1.50 bits per heavy atom. The Bertz CT molecular complexity index is 509. The van der Waals surface area contributed by atoms with Crippen LogP contribution in [0.15, 0.2) is 30.9 Å². The van der Waals surface area contributed by atoms with Gasteiger partial charge in [0, 0.05) is 17.7 Å². The molecular weight excluding hydrogens is 212 g/mol. The van der Waals surface area contributed by atoms with E-state index in [0.29, 0.717) is 11.3 Å². The third-order valence-electron chi connectivity index (χ3n) is 2.11. The van der Waals surface area contributed by atoms with Gasteiger partial charge in [-0.2, -0.15) is 5.10 Å². The fourth-order valence-electron chi connectivity index (χ4n) is 1.37. The summed E-state index contributed by atoms with van der Waals surface area (Å²) in [6, 6.07) is 4.20. The maximum absolute atomic E-state index is 10.6. The average molecular weight is 220 g/mol. The number of non-ortho nitro benzene ring substituents is 1. The third kappa shape index (κ3) is 1.75. The van der Waals surface area contributed by atoms with Gasteiger partial charge in [-0.1, -0.05) is 0 Å². The molecule has 0 bridgehead atoms. The van der Waals surface area contributed by atoms with Gasteiger partial charge in [-0.3, -0.25) is 10.1 Å². The van der Waals surface area contributed by atoms with E-state index < -0.39 is 4.92 Å². The minimum absolute atomic E-state index is 0.0621. The lowest BCUT2D eigenvalue weighted by Crippen LogP contribution is -2.01. The number of nitro groups is 1. The van der Waals surface area contributed by atoms with Gasteiger partial charge >= 0.3 is 0 Å². The summed E-state index contributed by atoms with van der Waals surface area (Å²) in [4.78, 5) is 13.8. The number of nitrogens with zero attached hydrogens (tertiary/aromatic N) is 4. The van der Waals surface area contributed by atoms with Gasteiger partial charge < -0.3 is 5.11 Å². The fourth-order valence-corrected chi connectivity index (χ4v) is 1.37. The van der Waals surface area contributed by atoms with E-state index in [0.717, 1.165) is 0 Å². The molecule has 1 heterocycles. The van der Waals surface area contributed by atoms with Gasteiger partial charge in [-0.05, 0) is 6.07 Å². The van der Waals surface area contributed by atoms with Crippen molar-refractivity contribution in [1.82, 2.24) is 14.8 Å². The minimum atomic E-state index is -0.510. The van der Waals surface area contributed by atoms with Gasteiger partial charge in [0.1, 0.15) is 12.7 Å². The van der Waals surface area contributed by atoms with Crippen molar-refractivity contribution in [2.45, 2.75) is 6.61 Å². The number of aliphatic hydroxyl groups excluding tert-OH is 1. The Kier molecular flexibility index (Phi) is 2.61. The number of nitro benzene ring substituents is 1. The van der Waals surface area contributed by atoms with E-state index in [1.54, 1.807) is 0 Å². The Balaban J connectivity index is 2.51. The lowest BCUT2D eigenvalue weighted by molar-refractivity contribution is -0.384. The van der Waals surface area contributed by atoms with E-state index in [1.165, 1.54) is 35.5 Å². The summed E-state index contributed by atoms with van der Waals surface area (Å²) in [5.41, 5.74) is 0.943. The molecule has 0 fully saturated rings. The lowest BCUT2D eigenvalue weighted by atomic mass is 10.1.